The van der Waals surface area contributed by atoms with E-state index in [1.54, 1.807) is 11.8 Å². The molecular formula is C17H11ClN4S2. The van der Waals surface area contributed by atoms with Gasteiger partial charge in [-0.3, -0.25) is 0 Å². The molecule has 0 aliphatic rings. The Labute approximate surface area is 152 Å². The summed E-state index contributed by atoms with van der Waals surface area (Å²) in [5.41, 5.74) is 2.73. The van der Waals surface area contributed by atoms with Gasteiger partial charge < -0.3 is 0 Å². The fraction of sp³-hybridized carbons (Fsp3) is 0.0588. The maximum atomic E-state index is 6.07. The molecule has 0 aliphatic heterocycles. The molecule has 24 heavy (non-hydrogen) atoms. The summed E-state index contributed by atoms with van der Waals surface area (Å²) in [5, 5.41) is 16.0. The van der Waals surface area contributed by atoms with Crippen LogP contribution in [-0.2, 0) is 5.75 Å². The summed E-state index contributed by atoms with van der Waals surface area (Å²) < 4.78 is 4.49. The van der Waals surface area contributed by atoms with Crippen LogP contribution in [0.4, 0.5) is 0 Å². The molecule has 0 fully saturated rings. The van der Waals surface area contributed by atoms with E-state index in [2.05, 4.69) is 31.9 Å². The second-order valence-electron chi connectivity index (χ2n) is 5.05. The van der Waals surface area contributed by atoms with Crippen LogP contribution < -0.4 is 0 Å². The number of hydrogen-bond donors (Lipinski definition) is 0. The first-order chi connectivity index (χ1) is 11.8. The average molecular weight is 371 g/mol. The van der Waals surface area contributed by atoms with Gasteiger partial charge >= 0.3 is 0 Å². The molecule has 0 saturated heterocycles. The fourth-order valence-electron chi connectivity index (χ4n) is 2.41. The largest absolute Gasteiger partial charge is 0.149 e. The van der Waals surface area contributed by atoms with Gasteiger partial charge in [0, 0.05) is 33.6 Å². The fourth-order valence-corrected chi connectivity index (χ4v) is 4.12. The third-order valence-electron chi connectivity index (χ3n) is 3.56. The number of nitrogens with zero attached hydrogens (tertiary/aromatic N) is 4. The first kappa shape index (κ1) is 15.5. The second-order valence-corrected chi connectivity index (χ2v) is 7.37. The van der Waals surface area contributed by atoms with Gasteiger partial charge in [-0.1, -0.05) is 82.4 Å². The molecule has 4 aromatic rings. The van der Waals surface area contributed by atoms with Gasteiger partial charge in [0.1, 0.15) is 20.8 Å². The highest BCUT2D eigenvalue weighted by Crippen LogP contribution is 2.33. The molecule has 0 N–H and O–H groups in total. The first-order valence-corrected chi connectivity index (χ1v) is 9.37. The Morgan fingerprint density at radius 2 is 1.62 bits per heavy atom. The number of fused-ring (bicyclic) bond motifs is 1. The monoisotopic (exact) mass is 370 g/mol. The van der Waals surface area contributed by atoms with E-state index >= 15 is 0 Å². The molecule has 118 valence electrons. The summed E-state index contributed by atoms with van der Waals surface area (Å²) in [7, 11) is 0. The third kappa shape index (κ3) is 3.00. The molecule has 0 unspecified atom stereocenters. The quantitative estimate of drug-likeness (QED) is 0.468. The Balaban J connectivity index is 1.74. The topological polar surface area (TPSA) is 51.6 Å². The number of thioether (sulfide) groups is 1. The summed E-state index contributed by atoms with van der Waals surface area (Å²) >= 11 is 8.84. The highest BCUT2D eigenvalue weighted by Gasteiger charge is 2.13. The predicted octanol–water partition coefficient (Wildman–Crippen LogP) is 5.09. The van der Waals surface area contributed by atoms with Gasteiger partial charge in [-0.15, -0.1) is 15.3 Å². The van der Waals surface area contributed by atoms with Crippen molar-refractivity contribution in [3.8, 4) is 11.3 Å². The molecule has 2 heterocycles. The summed E-state index contributed by atoms with van der Waals surface area (Å²) in [6.07, 6.45) is 0. The Morgan fingerprint density at radius 3 is 2.38 bits per heavy atom. The van der Waals surface area contributed by atoms with Crippen LogP contribution in [0.1, 0.15) is 5.69 Å². The van der Waals surface area contributed by atoms with Crippen molar-refractivity contribution >= 4 is 45.7 Å². The lowest BCUT2D eigenvalue weighted by Gasteiger charge is -2.08. The zero-order valence-corrected chi connectivity index (χ0v) is 14.8. The zero-order chi connectivity index (χ0) is 16.4. The van der Waals surface area contributed by atoms with Gasteiger partial charge in [0.25, 0.3) is 0 Å². The van der Waals surface area contributed by atoms with E-state index in [-0.39, 0.29) is 0 Å². The number of aromatic nitrogens is 4. The summed E-state index contributed by atoms with van der Waals surface area (Å²) in [6, 6.07) is 18.3. The van der Waals surface area contributed by atoms with Crippen molar-refractivity contribution in [3.05, 3.63) is 64.6 Å². The number of benzene rings is 2. The van der Waals surface area contributed by atoms with E-state index in [0.717, 1.165) is 32.7 Å². The van der Waals surface area contributed by atoms with E-state index in [1.807, 2.05) is 42.5 Å². The molecule has 2 aromatic carbocycles. The third-order valence-corrected chi connectivity index (χ3v) is 5.53. The van der Waals surface area contributed by atoms with E-state index in [4.69, 9.17) is 11.6 Å². The molecule has 0 saturated carbocycles. The highest BCUT2D eigenvalue weighted by molar-refractivity contribution is 7.98. The Bertz CT molecular complexity index is 988. The number of halogens is 1. The predicted molar refractivity (Wildman–Crippen MR) is 99.5 cm³/mol. The van der Waals surface area contributed by atoms with Crippen molar-refractivity contribution in [3.63, 3.8) is 0 Å². The zero-order valence-electron chi connectivity index (χ0n) is 12.4. The molecule has 4 rings (SSSR count). The Hall–Kier alpha value is -2.02. The minimum atomic E-state index is 0.624. The maximum absolute atomic E-state index is 6.07. The van der Waals surface area contributed by atoms with E-state index in [0.29, 0.717) is 10.1 Å². The molecule has 0 radical (unpaired) electrons. The van der Waals surface area contributed by atoms with Crippen molar-refractivity contribution in [2.75, 3.05) is 0 Å². The van der Waals surface area contributed by atoms with E-state index in [1.165, 1.54) is 11.5 Å². The minimum absolute atomic E-state index is 0.624. The Kier molecular flexibility index (Phi) is 4.42. The SMILES string of the molecule is Clc1snnc1CSc1nnc(-c2ccccc2)c2ccccc12. The van der Waals surface area contributed by atoms with Crippen molar-refractivity contribution in [2.45, 2.75) is 10.8 Å². The van der Waals surface area contributed by atoms with Crippen molar-refractivity contribution in [1.29, 1.82) is 0 Å². The van der Waals surface area contributed by atoms with Crippen LogP contribution in [-0.4, -0.2) is 19.8 Å². The first-order valence-electron chi connectivity index (χ1n) is 7.23. The molecule has 2 aromatic heterocycles. The van der Waals surface area contributed by atoms with Gasteiger partial charge in [0.05, 0.1) is 0 Å². The van der Waals surface area contributed by atoms with Crippen LogP contribution in [0.3, 0.4) is 0 Å². The summed E-state index contributed by atoms with van der Waals surface area (Å²) in [5.74, 6) is 0.624. The lowest BCUT2D eigenvalue weighted by atomic mass is 10.1. The van der Waals surface area contributed by atoms with Crippen molar-refractivity contribution < 1.29 is 0 Å². The highest BCUT2D eigenvalue weighted by atomic mass is 35.5. The minimum Gasteiger partial charge on any atom is -0.149 e. The van der Waals surface area contributed by atoms with Crippen LogP contribution in [0.15, 0.2) is 59.6 Å². The van der Waals surface area contributed by atoms with Gasteiger partial charge in [0.2, 0.25) is 0 Å². The lowest BCUT2D eigenvalue weighted by Crippen LogP contribution is -1.94. The van der Waals surface area contributed by atoms with Crippen LogP contribution >= 0.6 is 34.9 Å². The van der Waals surface area contributed by atoms with Crippen molar-refractivity contribution in [1.82, 2.24) is 19.8 Å². The number of hydrogen-bond acceptors (Lipinski definition) is 6. The second kappa shape index (κ2) is 6.84. The molecular weight excluding hydrogens is 360 g/mol. The maximum Gasteiger partial charge on any atom is 0.138 e. The average Bonchev–Trinajstić information content (AvgIpc) is 3.05. The Morgan fingerprint density at radius 1 is 0.875 bits per heavy atom. The molecule has 0 atom stereocenters. The normalized spacial score (nSPS) is 11.0. The van der Waals surface area contributed by atoms with Gasteiger partial charge in [-0.25, -0.2) is 0 Å². The van der Waals surface area contributed by atoms with Crippen molar-refractivity contribution in [2.24, 2.45) is 0 Å². The molecule has 0 amide bonds. The van der Waals surface area contributed by atoms with Crippen LogP contribution in [0.25, 0.3) is 22.0 Å². The van der Waals surface area contributed by atoms with Crippen LogP contribution in [0, 0.1) is 0 Å². The molecule has 7 heteroatoms. The summed E-state index contributed by atoms with van der Waals surface area (Å²) in [4.78, 5) is 0. The van der Waals surface area contributed by atoms with Gasteiger partial charge in [-0.05, 0) is 0 Å². The van der Waals surface area contributed by atoms with Gasteiger partial charge in [0.15, 0.2) is 0 Å². The number of rotatable bonds is 4. The van der Waals surface area contributed by atoms with Crippen LogP contribution in [0.5, 0.6) is 0 Å². The smallest absolute Gasteiger partial charge is 0.138 e. The van der Waals surface area contributed by atoms with E-state index < -0.39 is 0 Å². The molecule has 0 spiro atoms. The molecule has 4 nitrogen and oxygen atoms in total. The lowest BCUT2D eigenvalue weighted by molar-refractivity contribution is 0.959. The molecule has 0 aliphatic carbocycles. The molecule has 0 bridgehead atoms. The standard InChI is InChI=1S/C17H11ClN4S2/c18-16-14(19-22-24-16)10-23-17-13-9-5-4-8-12(13)15(20-21-17)11-6-2-1-3-7-11/h1-9H,10H2. The summed E-state index contributed by atoms with van der Waals surface area (Å²) in [6.45, 7) is 0. The van der Waals surface area contributed by atoms with Crippen LogP contribution in [0.2, 0.25) is 4.34 Å². The van der Waals surface area contributed by atoms with Gasteiger partial charge in [-0.2, -0.15) is 0 Å². The van der Waals surface area contributed by atoms with E-state index in [9.17, 15) is 0 Å².